The molecule has 0 aromatic heterocycles. The van der Waals surface area contributed by atoms with Crippen molar-refractivity contribution in [3.8, 4) is 0 Å². The van der Waals surface area contributed by atoms with Crippen molar-refractivity contribution in [2.45, 2.75) is 39.2 Å². The predicted octanol–water partition coefficient (Wildman–Crippen LogP) is 3.19. The molecule has 0 spiro atoms. The fourth-order valence-electron chi connectivity index (χ4n) is 2.80. The van der Waals surface area contributed by atoms with Gasteiger partial charge in [0.2, 0.25) is 0 Å². The first kappa shape index (κ1) is 16.3. The molecule has 0 saturated heterocycles. The average Bonchev–Trinajstić information content (AvgIpc) is 2.53. The van der Waals surface area contributed by atoms with Gasteiger partial charge < -0.3 is 15.2 Å². The number of hydrogen-bond acceptors (Lipinski definition) is 3. The molecule has 1 aliphatic rings. The number of carboxylic acid groups (broad SMARTS) is 1. The fraction of sp³-hybridized carbons (Fsp3) is 0.529. The van der Waals surface area contributed by atoms with Crippen LogP contribution in [0.1, 0.15) is 38.2 Å². The Morgan fingerprint density at radius 1 is 1.27 bits per heavy atom. The largest absolute Gasteiger partial charge is 0.481 e. The maximum absolute atomic E-state index is 11.8. The van der Waals surface area contributed by atoms with Crippen LogP contribution in [-0.4, -0.2) is 23.7 Å². The molecule has 1 fully saturated rings. The summed E-state index contributed by atoms with van der Waals surface area (Å²) in [7, 11) is 0. The first-order valence-electron chi connectivity index (χ1n) is 7.70. The van der Waals surface area contributed by atoms with Gasteiger partial charge in [0.05, 0.1) is 5.41 Å². The van der Waals surface area contributed by atoms with E-state index in [1.54, 1.807) is 0 Å². The molecule has 1 saturated carbocycles. The van der Waals surface area contributed by atoms with Gasteiger partial charge in [-0.05, 0) is 37.2 Å². The third-order valence-electron chi connectivity index (χ3n) is 4.47. The number of ether oxygens (including phenoxy) is 1. The highest BCUT2D eigenvalue weighted by Gasteiger charge is 2.41. The zero-order chi connectivity index (χ0) is 16.0. The lowest BCUT2D eigenvalue weighted by Gasteiger charge is -2.35. The van der Waals surface area contributed by atoms with Gasteiger partial charge in [0.15, 0.2) is 0 Å². The summed E-state index contributed by atoms with van der Waals surface area (Å²) in [5.41, 5.74) is 0.0512. The average molecular weight is 305 g/mol. The monoisotopic (exact) mass is 305 g/mol. The van der Waals surface area contributed by atoms with Crippen molar-refractivity contribution in [3.05, 3.63) is 35.9 Å². The molecule has 0 radical (unpaired) electrons. The van der Waals surface area contributed by atoms with E-state index < -0.39 is 17.5 Å². The van der Waals surface area contributed by atoms with E-state index in [0.29, 0.717) is 18.8 Å². The molecule has 0 aliphatic heterocycles. The molecule has 1 amide bonds. The maximum atomic E-state index is 11.8. The first-order valence-corrected chi connectivity index (χ1v) is 7.70. The number of rotatable bonds is 5. The number of carboxylic acids is 1. The van der Waals surface area contributed by atoms with Gasteiger partial charge >= 0.3 is 12.1 Å². The van der Waals surface area contributed by atoms with Crippen molar-refractivity contribution in [2.24, 2.45) is 11.3 Å². The van der Waals surface area contributed by atoms with Crippen molar-refractivity contribution < 1.29 is 19.4 Å². The van der Waals surface area contributed by atoms with Gasteiger partial charge in [-0.3, -0.25) is 4.79 Å². The summed E-state index contributed by atoms with van der Waals surface area (Å²) in [6, 6.07) is 9.38. The van der Waals surface area contributed by atoms with Crippen LogP contribution in [0.15, 0.2) is 30.3 Å². The third kappa shape index (κ3) is 4.23. The van der Waals surface area contributed by atoms with Gasteiger partial charge in [0, 0.05) is 6.54 Å². The topological polar surface area (TPSA) is 75.6 Å². The van der Waals surface area contributed by atoms with E-state index in [1.807, 2.05) is 30.3 Å². The van der Waals surface area contributed by atoms with Crippen LogP contribution < -0.4 is 5.32 Å². The highest BCUT2D eigenvalue weighted by atomic mass is 16.5. The Morgan fingerprint density at radius 3 is 2.50 bits per heavy atom. The van der Waals surface area contributed by atoms with Crippen molar-refractivity contribution in [2.75, 3.05) is 6.54 Å². The first-order chi connectivity index (χ1) is 10.5. The second kappa shape index (κ2) is 7.29. The molecular weight excluding hydrogens is 282 g/mol. The Labute approximate surface area is 130 Å². The summed E-state index contributed by atoms with van der Waals surface area (Å²) >= 11 is 0. The third-order valence-corrected chi connectivity index (χ3v) is 4.47. The van der Waals surface area contributed by atoms with Crippen LogP contribution in [-0.2, 0) is 16.1 Å². The lowest BCUT2D eigenvalue weighted by atomic mass is 9.71. The minimum atomic E-state index is -0.849. The lowest BCUT2D eigenvalue weighted by Crippen LogP contribution is -2.45. The Balaban J connectivity index is 1.82. The molecule has 2 N–H and O–H groups in total. The summed E-state index contributed by atoms with van der Waals surface area (Å²) in [5, 5.41) is 12.1. The van der Waals surface area contributed by atoms with Crippen LogP contribution in [0.4, 0.5) is 4.79 Å². The number of hydrogen-bond donors (Lipinski definition) is 2. The van der Waals surface area contributed by atoms with Gasteiger partial charge in [-0.25, -0.2) is 4.79 Å². The van der Waals surface area contributed by atoms with E-state index in [2.05, 4.69) is 12.2 Å². The molecule has 0 atom stereocenters. The SMILES string of the molecule is C[C@H]1CC[C@@](CNC(=O)OCc2ccccc2)(C(=O)O)CC1. The Morgan fingerprint density at radius 2 is 1.91 bits per heavy atom. The summed E-state index contributed by atoms with van der Waals surface area (Å²) in [4.78, 5) is 23.3. The Bertz CT molecular complexity index is 507. The van der Waals surface area contributed by atoms with E-state index in [4.69, 9.17) is 4.74 Å². The molecule has 0 bridgehead atoms. The summed E-state index contributed by atoms with van der Waals surface area (Å²) in [6.45, 7) is 2.44. The number of aliphatic carboxylic acids is 1. The summed E-state index contributed by atoms with van der Waals surface area (Å²) < 4.78 is 5.12. The number of amides is 1. The number of carbonyl (C=O) groups is 2. The van der Waals surface area contributed by atoms with Crippen LogP contribution in [0.2, 0.25) is 0 Å². The quantitative estimate of drug-likeness (QED) is 0.876. The van der Waals surface area contributed by atoms with Crippen LogP contribution in [0.5, 0.6) is 0 Å². The molecule has 0 heterocycles. The molecule has 22 heavy (non-hydrogen) atoms. The Kier molecular flexibility index (Phi) is 5.41. The van der Waals surface area contributed by atoms with E-state index in [-0.39, 0.29) is 13.2 Å². The molecule has 120 valence electrons. The standard InChI is InChI=1S/C17H23NO4/c1-13-7-9-17(10-8-13,15(19)20)12-18-16(21)22-11-14-5-3-2-4-6-14/h2-6,13H,7-12H2,1H3,(H,18,21)(H,19,20)/t13-,17+. The molecule has 5 nitrogen and oxygen atoms in total. The minimum absolute atomic E-state index is 0.128. The van der Waals surface area contributed by atoms with Crippen LogP contribution in [0.25, 0.3) is 0 Å². The Hall–Kier alpha value is -2.04. The number of benzene rings is 1. The number of nitrogens with one attached hydrogen (secondary N) is 1. The zero-order valence-electron chi connectivity index (χ0n) is 12.9. The molecule has 5 heteroatoms. The van der Waals surface area contributed by atoms with E-state index in [9.17, 15) is 14.7 Å². The zero-order valence-corrected chi connectivity index (χ0v) is 12.9. The normalized spacial score (nSPS) is 24.5. The van der Waals surface area contributed by atoms with Crippen LogP contribution in [0, 0.1) is 11.3 Å². The second-order valence-electron chi connectivity index (χ2n) is 6.18. The van der Waals surface area contributed by atoms with Gasteiger partial charge in [-0.1, -0.05) is 37.3 Å². The van der Waals surface area contributed by atoms with Crippen LogP contribution >= 0.6 is 0 Å². The molecule has 2 rings (SSSR count). The highest BCUT2D eigenvalue weighted by molar-refractivity contribution is 5.76. The summed E-state index contributed by atoms with van der Waals surface area (Å²) in [6.07, 6.45) is 2.40. The van der Waals surface area contributed by atoms with Crippen molar-refractivity contribution in [1.29, 1.82) is 0 Å². The second-order valence-corrected chi connectivity index (χ2v) is 6.18. The highest BCUT2D eigenvalue weighted by Crippen LogP contribution is 2.38. The van der Waals surface area contributed by atoms with Gasteiger partial charge in [0.1, 0.15) is 6.61 Å². The van der Waals surface area contributed by atoms with E-state index in [0.717, 1.165) is 18.4 Å². The smallest absolute Gasteiger partial charge is 0.407 e. The van der Waals surface area contributed by atoms with E-state index >= 15 is 0 Å². The van der Waals surface area contributed by atoms with Crippen molar-refractivity contribution >= 4 is 12.1 Å². The predicted molar refractivity (Wildman–Crippen MR) is 82.3 cm³/mol. The molecule has 0 unspecified atom stereocenters. The fourth-order valence-corrected chi connectivity index (χ4v) is 2.80. The van der Waals surface area contributed by atoms with Gasteiger partial charge in [-0.2, -0.15) is 0 Å². The van der Waals surface area contributed by atoms with E-state index in [1.165, 1.54) is 0 Å². The number of carbonyl (C=O) groups excluding carboxylic acids is 1. The molecule has 1 aromatic carbocycles. The molecular formula is C17H23NO4. The van der Waals surface area contributed by atoms with Crippen molar-refractivity contribution in [1.82, 2.24) is 5.32 Å². The molecule has 1 aromatic rings. The molecule has 1 aliphatic carbocycles. The van der Waals surface area contributed by atoms with Gasteiger partial charge in [-0.15, -0.1) is 0 Å². The van der Waals surface area contributed by atoms with Crippen molar-refractivity contribution in [3.63, 3.8) is 0 Å². The number of alkyl carbamates (subject to hydrolysis) is 1. The maximum Gasteiger partial charge on any atom is 0.407 e. The van der Waals surface area contributed by atoms with Gasteiger partial charge in [0.25, 0.3) is 0 Å². The summed E-state index contributed by atoms with van der Waals surface area (Å²) in [5.74, 6) is -0.278. The minimum Gasteiger partial charge on any atom is -0.481 e. The lowest BCUT2D eigenvalue weighted by molar-refractivity contribution is -0.151. The van der Waals surface area contributed by atoms with Crippen LogP contribution in [0.3, 0.4) is 0 Å².